The summed E-state index contributed by atoms with van der Waals surface area (Å²) in [5, 5.41) is 15.2. The molecule has 0 fully saturated rings. The number of rotatable bonds is 12. The number of aromatic nitrogens is 2. The standard InChI is InChI=1S/C33H39N2SSi2.C13H24O2.Ir/c1-22-29-31(36-32(22)38(8,9)26-16-14-23(15-17-26)20-33(2,3)4)30(35-21-34-29)25-18-24-12-10-11-13-27(24)28(19-25)37(5,6)7;1-5-10(6-2)12(14)9-13(15)11(7-3)8-4;/h10-17,19,21H,20H2,1-9H3;9-11,14H,5-8H2,1-4H3;/q-1;;/b;12-9-;. The molecule has 0 bridgehead atoms. The Hall–Kier alpha value is -2.75. The number of aliphatic hydroxyl groups excluding tert-OH is 1. The van der Waals surface area contributed by atoms with Gasteiger partial charge in [0, 0.05) is 52.9 Å². The van der Waals surface area contributed by atoms with E-state index in [-0.39, 0.29) is 43.5 Å². The van der Waals surface area contributed by atoms with Gasteiger partial charge in [-0.3, -0.25) is 9.78 Å². The fourth-order valence-corrected chi connectivity index (χ4v) is 14.0. The molecule has 0 amide bonds. The molecule has 0 saturated heterocycles. The van der Waals surface area contributed by atoms with Crippen LogP contribution in [0.2, 0.25) is 32.7 Å². The summed E-state index contributed by atoms with van der Waals surface area (Å²) in [6.45, 7) is 29.4. The summed E-state index contributed by atoms with van der Waals surface area (Å²) < 4.78 is 2.68. The second-order valence-corrected chi connectivity index (χ2v) is 28.2. The van der Waals surface area contributed by atoms with Crippen molar-refractivity contribution in [1.82, 2.24) is 9.97 Å². The van der Waals surface area contributed by atoms with Crippen molar-refractivity contribution in [3.63, 3.8) is 0 Å². The largest absolute Gasteiger partial charge is 0.512 e. The van der Waals surface area contributed by atoms with Crippen LogP contribution in [0, 0.1) is 30.2 Å². The molecular weight excluding hydrogens is 893 g/mol. The zero-order chi connectivity index (χ0) is 39.3. The molecule has 0 aliphatic carbocycles. The average molecular weight is 956 g/mol. The van der Waals surface area contributed by atoms with E-state index >= 15 is 0 Å². The summed E-state index contributed by atoms with van der Waals surface area (Å²) in [5.74, 6) is 0.547. The van der Waals surface area contributed by atoms with E-state index in [4.69, 9.17) is 9.97 Å². The Labute approximate surface area is 345 Å². The predicted molar refractivity (Wildman–Crippen MR) is 237 cm³/mol. The fourth-order valence-electron chi connectivity index (χ4n) is 7.35. The minimum atomic E-state index is -1.93. The summed E-state index contributed by atoms with van der Waals surface area (Å²) in [6, 6.07) is 24.2. The Bertz CT molecular complexity index is 2050. The maximum atomic E-state index is 11.7. The van der Waals surface area contributed by atoms with E-state index < -0.39 is 16.1 Å². The molecular formula is C46H63IrN2O2SSi2-. The van der Waals surface area contributed by atoms with Crippen LogP contribution >= 0.6 is 11.3 Å². The number of aliphatic hydroxyl groups is 1. The molecule has 293 valence electrons. The number of carbonyl (C=O) groups is 1. The first kappa shape index (κ1) is 45.6. The Morgan fingerprint density at radius 3 is 2.04 bits per heavy atom. The van der Waals surface area contributed by atoms with Gasteiger partial charge < -0.3 is 5.11 Å². The molecule has 54 heavy (non-hydrogen) atoms. The van der Waals surface area contributed by atoms with Gasteiger partial charge in [0.2, 0.25) is 0 Å². The van der Waals surface area contributed by atoms with Crippen LogP contribution in [0.15, 0.2) is 72.8 Å². The quantitative estimate of drug-likeness (QED) is 0.0586. The first-order valence-electron chi connectivity index (χ1n) is 19.6. The van der Waals surface area contributed by atoms with Gasteiger partial charge in [-0.1, -0.05) is 140 Å². The van der Waals surface area contributed by atoms with E-state index in [0.29, 0.717) is 5.41 Å². The van der Waals surface area contributed by atoms with Crippen molar-refractivity contribution in [2.45, 2.75) is 120 Å². The molecule has 5 aromatic rings. The molecule has 0 saturated carbocycles. The molecule has 5 rings (SSSR count). The number of allylic oxidation sites excluding steroid dienone is 2. The van der Waals surface area contributed by atoms with E-state index in [2.05, 4.69) is 121 Å². The van der Waals surface area contributed by atoms with Gasteiger partial charge in [0.05, 0.1) is 19.3 Å². The molecule has 1 N–H and O–H groups in total. The van der Waals surface area contributed by atoms with Crippen molar-refractivity contribution < 1.29 is 30.0 Å². The van der Waals surface area contributed by atoms with Crippen molar-refractivity contribution >= 4 is 69.1 Å². The fraction of sp³-hybridized carbons (Fsp3) is 0.457. The summed E-state index contributed by atoms with van der Waals surface area (Å²) in [4.78, 5) is 21.4. The molecule has 0 aliphatic heterocycles. The number of ketones is 1. The second-order valence-electron chi connectivity index (χ2n) is 17.4. The number of hydrogen-bond donors (Lipinski definition) is 1. The maximum absolute atomic E-state index is 11.7. The summed E-state index contributed by atoms with van der Waals surface area (Å²) in [5.41, 5.74) is 6.22. The van der Waals surface area contributed by atoms with Crippen LogP contribution in [-0.2, 0) is 31.3 Å². The first-order valence-corrected chi connectivity index (χ1v) is 26.9. The molecule has 1 radical (unpaired) electrons. The van der Waals surface area contributed by atoms with Gasteiger partial charge in [-0.2, -0.15) is 0 Å². The third kappa shape index (κ3) is 10.8. The number of benzene rings is 3. The van der Waals surface area contributed by atoms with Gasteiger partial charge in [0.1, 0.15) is 14.4 Å². The zero-order valence-electron chi connectivity index (χ0n) is 35.0. The minimum absolute atomic E-state index is 0. The number of aryl methyl sites for hydroxylation is 1. The second kappa shape index (κ2) is 18.9. The van der Waals surface area contributed by atoms with E-state index in [1.54, 1.807) is 6.33 Å². The smallest absolute Gasteiger partial charge is 0.162 e. The van der Waals surface area contributed by atoms with Gasteiger partial charge in [0.15, 0.2) is 5.78 Å². The molecule has 8 heteroatoms. The number of carbonyl (C=O) groups excluding carboxylic acids is 1. The number of thiophene rings is 1. The minimum Gasteiger partial charge on any atom is -0.512 e. The molecule has 3 aromatic carbocycles. The maximum Gasteiger partial charge on any atom is 0.162 e. The van der Waals surface area contributed by atoms with Crippen molar-refractivity contribution in [3.8, 4) is 11.3 Å². The molecule has 0 atom stereocenters. The monoisotopic (exact) mass is 956 g/mol. The van der Waals surface area contributed by atoms with Crippen LogP contribution in [0.4, 0.5) is 0 Å². The topological polar surface area (TPSA) is 63.1 Å². The number of fused-ring (bicyclic) bond motifs is 2. The van der Waals surface area contributed by atoms with E-state index in [1.165, 1.54) is 47.5 Å². The summed E-state index contributed by atoms with van der Waals surface area (Å²) in [7, 11) is -3.51. The van der Waals surface area contributed by atoms with E-state index in [0.717, 1.165) is 48.9 Å². The van der Waals surface area contributed by atoms with Crippen LogP contribution in [0.1, 0.15) is 85.3 Å². The molecule has 0 aliphatic rings. The third-order valence-electron chi connectivity index (χ3n) is 10.6. The number of hydrogen-bond acceptors (Lipinski definition) is 5. The van der Waals surface area contributed by atoms with Gasteiger partial charge in [-0.25, -0.2) is 4.98 Å². The molecule has 4 nitrogen and oxygen atoms in total. The molecule has 2 heterocycles. The van der Waals surface area contributed by atoms with Gasteiger partial charge in [-0.15, -0.1) is 40.1 Å². The van der Waals surface area contributed by atoms with Crippen LogP contribution in [0.3, 0.4) is 0 Å². The van der Waals surface area contributed by atoms with E-state index in [9.17, 15) is 9.90 Å². The molecule has 0 unspecified atom stereocenters. The molecule has 2 aromatic heterocycles. The van der Waals surface area contributed by atoms with Gasteiger partial charge in [-0.05, 0) is 55.6 Å². The molecule has 0 spiro atoms. The first-order chi connectivity index (χ1) is 24.9. The normalized spacial score (nSPS) is 12.6. The van der Waals surface area contributed by atoms with Crippen LogP contribution in [0.25, 0.3) is 32.2 Å². The van der Waals surface area contributed by atoms with Crippen LogP contribution < -0.4 is 14.9 Å². The third-order valence-corrected chi connectivity index (χ3v) is 18.9. The SMILES string of the molecule is CCC(CC)C(=O)/C=C(\O)C(CC)CC.Cc1c([Si](C)(C)c2ccc(CC(C)(C)C)cc2)sc2c(-c3[c-]c4ccccc4c([Si](C)(C)C)c3)ncnc12.[Ir]. The van der Waals surface area contributed by atoms with Crippen molar-refractivity contribution in [3.05, 3.63) is 90.0 Å². The Kier molecular flexibility index (Phi) is 16.0. The van der Waals surface area contributed by atoms with Gasteiger partial charge >= 0.3 is 0 Å². The van der Waals surface area contributed by atoms with Crippen LogP contribution in [-0.4, -0.2) is 37.0 Å². The van der Waals surface area contributed by atoms with Crippen molar-refractivity contribution in [2.24, 2.45) is 17.3 Å². The van der Waals surface area contributed by atoms with E-state index in [1.807, 2.05) is 39.0 Å². The van der Waals surface area contributed by atoms with Crippen molar-refractivity contribution in [2.75, 3.05) is 0 Å². The Morgan fingerprint density at radius 2 is 1.48 bits per heavy atom. The van der Waals surface area contributed by atoms with Crippen LogP contribution in [0.5, 0.6) is 0 Å². The zero-order valence-corrected chi connectivity index (χ0v) is 40.2. The summed E-state index contributed by atoms with van der Waals surface area (Å²) >= 11 is 1.91. The van der Waals surface area contributed by atoms with Crippen molar-refractivity contribution in [1.29, 1.82) is 0 Å². The number of nitrogens with zero attached hydrogens (tertiary/aromatic N) is 2. The van der Waals surface area contributed by atoms with Gasteiger partial charge in [0.25, 0.3) is 0 Å². The average Bonchev–Trinajstić information content (AvgIpc) is 3.45. The summed E-state index contributed by atoms with van der Waals surface area (Å²) in [6.07, 6.45) is 7.75. The Balaban J connectivity index is 0.000000418. The Morgan fingerprint density at radius 1 is 0.889 bits per heavy atom. The predicted octanol–water partition coefficient (Wildman–Crippen LogP) is 11.4.